The summed E-state index contributed by atoms with van der Waals surface area (Å²) in [6.07, 6.45) is 0.479. The molecule has 1 aromatic carbocycles. The van der Waals surface area contributed by atoms with Gasteiger partial charge in [0.1, 0.15) is 5.54 Å². The molecule has 0 bridgehead atoms. The molecule has 0 aliphatic carbocycles. The van der Waals surface area contributed by atoms with Crippen molar-refractivity contribution < 1.29 is 9.53 Å². The Bertz CT molecular complexity index is 466. The number of nitrogens with two attached hydrogens (primary N) is 1. The number of benzene rings is 1. The average Bonchev–Trinajstić information content (AvgIpc) is 2.32. The Hall–Kier alpha value is -0.420. The zero-order valence-electron chi connectivity index (χ0n) is 11.1. The standard InChI is InChI=1S/C13H17Cl2NO2S/c1-8(7-13(2,16)12(17)18-3)19-11-6-9(14)4-5-10(11)15/h4-6,8H,7,16H2,1-3H3. The zero-order chi connectivity index (χ0) is 14.6. The third-order valence-corrected chi connectivity index (χ3v) is 4.42. The number of hydrogen-bond donors (Lipinski definition) is 1. The van der Waals surface area contributed by atoms with Crippen molar-refractivity contribution in [1.29, 1.82) is 0 Å². The van der Waals surface area contributed by atoms with Crippen LogP contribution >= 0.6 is 35.0 Å². The van der Waals surface area contributed by atoms with Gasteiger partial charge in [-0.25, -0.2) is 0 Å². The van der Waals surface area contributed by atoms with E-state index in [1.807, 2.05) is 6.92 Å². The zero-order valence-corrected chi connectivity index (χ0v) is 13.4. The van der Waals surface area contributed by atoms with E-state index in [9.17, 15) is 4.79 Å². The predicted octanol–water partition coefficient (Wildman–Crippen LogP) is 3.75. The van der Waals surface area contributed by atoms with E-state index < -0.39 is 11.5 Å². The van der Waals surface area contributed by atoms with Gasteiger partial charge in [0, 0.05) is 15.2 Å². The lowest BCUT2D eigenvalue weighted by molar-refractivity contribution is -0.146. The van der Waals surface area contributed by atoms with Gasteiger partial charge in [0.2, 0.25) is 0 Å². The highest BCUT2D eigenvalue weighted by molar-refractivity contribution is 8.00. The minimum Gasteiger partial charge on any atom is -0.468 e. The first-order chi connectivity index (χ1) is 8.76. The summed E-state index contributed by atoms with van der Waals surface area (Å²) in [7, 11) is 1.33. The van der Waals surface area contributed by atoms with Crippen molar-refractivity contribution >= 4 is 40.9 Å². The molecule has 2 unspecified atom stereocenters. The van der Waals surface area contributed by atoms with Gasteiger partial charge in [-0.05, 0) is 31.5 Å². The summed E-state index contributed by atoms with van der Waals surface area (Å²) in [6.45, 7) is 3.64. The van der Waals surface area contributed by atoms with Crippen LogP contribution < -0.4 is 5.73 Å². The lowest BCUT2D eigenvalue weighted by atomic mass is 9.98. The summed E-state index contributed by atoms with van der Waals surface area (Å²) in [4.78, 5) is 12.4. The van der Waals surface area contributed by atoms with Crippen molar-refractivity contribution in [3.05, 3.63) is 28.2 Å². The molecule has 0 saturated carbocycles. The summed E-state index contributed by atoms with van der Waals surface area (Å²) in [5.41, 5.74) is 4.94. The van der Waals surface area contributed by atoms with Crippen LogP contribution in [0, 0.1) is 0 Å². The van der Waals surface area contributed by atoms with E-state index in [2.05, 4.69) is 4.74 Å². The maximum Gasteiger partial charge on any atom is 0.325 e. The Labute approximate surface area is 127 Å². The molecule has 0 amide bonds. The average molecular weight is 322 g/mol. The molecule has 0 aliphatic rings. The van der Waals surface area contributed by atoms with Gasteiger partial charge in [0.25, 0.3) is 0 Å². The summed E-state index contributed by atoms with van der Waals surface area (Å²) in [5.74, 6) is -0.419. The molecular formula is C13H17Cl2NO2S. The number of ether oxygens (including phenoxy) is 1. The van der Waals surface area contributed by atoms with Crippen LogP contribution in [0.2, 0.25) is 10.0 Å². The Morgan fingerprint density at radius 3 is 2.74 bits per heavy atom. The predicted molar refractivity (Wildman–Crippen MR) is 81.0 cm³/mol. The fourth-order valence-corrected chi connectivity index (χ4v) is 3.47. The number of carbonyl (C=O) groups excluding carboxylic acids is 1. The van der Waals surface area contributed by atoms with Crippen LogP contribution in [-0.4, -0.2) is 23.9 Å². The number of halogens is 2. The van der Waals surface area contributed by atoms with Crippen LogP contribution in [0.15, 0.2) is 23.1 Å². The van der Waals surface area contributed by atoms with Crippen molar-refractivity contribution in [2.45, 2.75) is 36.0 Å². The number of thioether (sulfide) groups is 1. The molecule has 1 rings (SSSR count). The SMILES string of the molecule is COC(=O)C(C)(N)CC(C)Sc1cc(Cl)ccc1Cl. The number of esters is 1. The first kappa shape index (κ1) is 16.6. The Morgan fingerprint density at radius 2 is 2.16 bits per heavy atom. The topological polar surface area (TPSA) is 52.3 Å². The molecule has 0 saturated heterocycles. The van der Waals surface area contributed by atoms with Crippen molar-refractivity contribution in [2.24, 2.45) is 5.73 Å². The van der Waals surface area contributed by atoms with Crippen LogP contribution in [0.1, 0.15) is 20.3 Å². The van der Waals surface area contributed by atoms with Crippen molar-refractivity contribution in [2.75, 3.05) is 7.11 Å². The van der Waals surface area contributed by atoms with Crippen molar-refractivity contribution in [3.63, 3.8) is 0 Å². The molecular weight excluding hydrogens is 305 g/mol. The smallest absolute Gasteiger partial charge is 0.325 e. The molecule has 106 valence electrons. The van der Waals surface area contributed by atoms with Crippen molar-refractivity contribution in [1.82, 2.24) is 0 Å². The molecule has 6 heteroatoms. The fourth-order valence-electron chi connectivity index (χ4n) is 1.74. The second kappa shape index (κ2) is 6.84. The van der Waals surface area contributed by atoms with Gasteiger partial charge >= 0.3 is 5.97 Å². The maximum absolute atomic E-state index is 11.5. The van der Waals surface area contributed by atoms with Gasteiger partial charge in [-0.1, -0.05) is 30.1 Å². The van der Waals surface area contributed by atoms with E-state index in [1.54, 1.807) is 25.1 Å². The van der Waals surface area contributed by atoms with Gasteiger partial charge in [-0.3, -0.25) is 4.79 Å². The lowest BCUT2D eigenvalue weighted by Crippen LogP contribution is -2.47. The molecule has 3 nitrogen and oxygen atoms in total. The first-order valence-electron chi connectivity index (χ1n) is 5.75. The molecule has 0 aromatic heterocycles. The quantitative estimate of drug-likeness (QED) is 0.662. The van der Waals surface area contributed by atoms with Crippen LogP contribution in [0.4, 0.5) is 0 Å². The third kappa shape index (κ3) is 4.88. The molecule has 1 aromatic rings. The van der Waals surface area contributed by atoms with E-state index >= 15 is 0 Å². The normalized spacial score (nSPS) is 15.7. The lowest BCUT2D eigenvalue weighted by Gasteiger charge is -2.25. The Morgan fingerprint density at radius 1 is 1.53 bits per heavy atom. The largest absolute Gasteiger partial charge is 0.468 e. The third-order valence-electron chi connectivity index (χ3n) is 2.58. The summed E-state index contributed by atoms with van der Waals surface area (Å²) in [6, 6.07) is 5.29. The summed E-state index contributed by atoms with van der Waals surface area (Å²) >= 11 is 13.6. The van der Waals surface area contributed by atoms with E-state index in [0.29, 0.717) is 16.5 Å². The van der Waals surface area contributed by atoms with Gasteiger partial charge in [0.15, 0.2) is 0 Å². The molecule has 0 aliphatic heterocycles. The van der Waals surface area contributed by atoms with Crippen molar-refractivity contribution in [3.8, 4) is 0 Å². The Balaban J connectivity index is 2.72. The van der Waals surface area contributed by atoms with Gasteiger partial charge in [-0.15, -0.1) is 11.8 Å². The number of methoxy groups -OCH3 is 1. The van der Waals surface area contributed by atoms with Crippen LogP contribution in [0.5, 0.6) is 0 Å². The highest BCUT2D eigenvalue weighted by atomic mass is 35.5. The summed E-state index contributed by atoms with van der Waals surface area (Å²) < 4.78 is 4.69. The molecule has 0 radical (unpaired) electrons. The monoisotopic (exact) mass is 321 g/mol. The van der Waals surface area contributed by atoms with E-state index in [4.69, 9.17) is 28.9 Å². The van der Waals surface area contributed by atoms with E-state index in [-0.39, 0.29) is 5.25 Å². The number of hydrogen-bond acceptors (Lipinski definition) is 4. The van der Waals surface area contributed by atoms with Crippen LogP contribution in [0.3, 0.4) is 0 Å². The molecule has 19 heavy (non-hydrogen) atoms. The molecule has 2 atom stereocenters. The Kier molecular flexibility index (Phi) is 5.99. The minimum absolute atomic E-state index is 0.102. The molecule has 0 heterocycles. The van der Waals surface area contributed by atoms with E-state index in [1.165, 1.54) is 18.9 Å². The van der Waals surface area contributed by atoms with Gasteiger partial charge in [-0.2, -0.15) is 0 Å². The van der Waals surface area contributed by atoms with Crippen LogP contribution in [-0.2, 0) is 9.53 Å². The first-order valence-corrected chi connectivity index (χ1v) is 7.39. The number of rotatable bonds is 5. The second-order valence-electron chi connectivity index (χ2n) is 4.62. The highest BCUT2D eigenvalue weighted by Gasteiger charge is 2.31. The van der Waals surface area contributed by atoms with Crippen LogP contribution in [0.25, 0.3) is 0 Å². The second-order valence-corrected chi connectivity index (χ2v) is 6.94. The van der Waals surface area contributed by atoms with Gasteiger partial charge < -0.3 is 10.5 Å². The number of carbonyl (C=O) groups is 1. The minimum atomic E-state index is -1.01. The fraction of sp³-hybridized carbons (Fsp3) is 0.462. The molecule has 2 N–H and O–H groups in total. The highest BCUT2D eigenvalue weighted by Crippen LogP contribution is 2.35. The van der Waals surface area contributed by atoms with Gasteiger partial charge in [0.05, 0.1) is 12.1 Å². The molecule has 0 fully saturated rings. The maximum atomic E-state index is 11.5. The summed E-state index contributed by atoms with van der Waals surface area (Å²) in [5, 5.41) is 1.37. The van der Waals surface area contributed by atoms with E-state index in [0.717, 1.165) is 4.90 Å². The molecule has 0 spiro atoms.